The maximum atomic E-state index is 11.9. The molecular weight excluding hydrogens is 314 g/mol. The third-order valence-corrected chi connectivity index (χ3v) is 4.25. The van der Waals surface area contributed by atoms with Gasteiger partial charge in [0.1, 0.15) is 0 Å². The number of allylic oxidation sites excluding steroid dienone is 1. The third kappa shape index (κ3) is 7.42. The Bertz CT molecular complexity index is 593. The van der Waals surface area contributed by atoms with Crippen molar-refractivity contribution in [1.82, 2.24) is 5.32 Å². The highest BCUT2D eigenvalue weighted by atomic mass is 16.2. The molecule has 0 aromatic heterocycles. The van der Waals surface area contributed by atoms with Crippen molar-refractivity contribution in [2.45, 2.75) is 51.9 Å². The second-order valence-corrected chi connectivity index (χ2v) is 6.44. The van der Waals surface area contributed by atoms with Crippen molar-refractivity contribution in [3.05, 3.63) is 35.9 Å². The van der Waals surface area contributed by atoms with E-state index in [9.17, 15) is 9.59 Å². The molecule has 0 unspecified atom stereocenters. The van der Waals surface area contributed by atoms with Gasteiger partial charge >= 0.3 is 0 Å². The molecule has 0 saturated heterocycles. The smallest absolute Gasteiger partial charge is 0.239 e. The Morgan fingerprint density at radius 2 is 1.80 bits per heavy atom. The molecule has 25 heavy (non-hydrogen) atoms. The molecule has 0 radical (unpaired) electrons. The molecule has 2 rings (SSSR count). The Kier molecular flexibility index (Phi) is 8.02. The molecule has 0 aliphatic heterocycles. The van der Waals surface area contributed by atoms with Gasteiger partial charge in [0.15, 0.2) is 0 Å². The molecule has 0 fully saturated rings. The van der Waals surface area contributed by atoms with Crippen LogP contribution in [0.2, 0.25) is 0 Å². The Balaban J connectivity index is 1.65. The molecule has 1 aromatic carbocycles. The normalized spacial score (nSPS) is 13.7. The number of rotatable bonds is 9. The van der Waals surface area contributed by atoms with Crippen molar-refractivity contribution in [2.24, 2.45) is 0 Å². The van der Waals surface area contributed by atoms with E-state index in [4.69, 9.17) is 0 Å². The second kappa shape index (κ2) is 10.5. The van der Waals surface area contributed by atoms with Crippen molar-refractivity contribution in [3.8, 4) is 0 Å². The monoisotopic (exact) mass is 343 g/mol. The SMILES string of the molecule is CCCC(=O)Nc1ccc(NCC(=O)NCCC2=CCCCC2)cc1. The Hall–Kier alpha value is -2.30. The lowest BCUT2D eigenvalue weighted by Crippen LogP contribution is -2.30. The predicted octanol–water partition coefficient (Wildman–Crippen LogP) is 3.84. The average Bonchev–Trinajstić information content (AvgIpc) is 2.62. The fraction of sp³-hybridized carbons (Fsp3) is 0.500. The van der Waals surface area contributed by atoms with E-state index in [1.165, 1.54) is 31.3 Å². The van der Waals surface area contributed by atoms with Gasteiger partial charge in [-0.1, -0.05) is 18.6 Å². The molecule has 136 valence electrons. The molecule has 2 amide bonds. The minimum Gasteiger partial charge on any atom is -0.376 e. The number of benzene rings is 1. The van der Waals surface area contributed by atoms with Gasteiger partial charge in [-0.3, -0.25) is 9.59 Å². The zero-order valence-corrected chi connectivity index (χ0v) is 15.1. The summed E-state index contributed by atoms with van der Waals surface area (Å²) in [5.74, 6) is 0.0207. The molecule has 0 bridgehead atoms. The zero-order chi connectivity index (χ0) is 17.9. The van der Waals surface area contributed by atoms with Crippen molar-refractivity contribution < 1.29 is 9.59 Å². The lowest BCUT2D eigenvalue weighted by molar-refractivity contribution is -0.119. The van der Waals surface area contributed by atoms with Gasteiger partial charge in [0, 0.05) is 24.3 Å². The molecule has 0 atom stereocenters. The van der Waals surface area contributed by atoms with E-state index < -0.39 is 0 Å². The third-order valence-electron chi connectivity index (χ3n) is 4.25. The van der Waals surface area contributed by atoms with E-state index in [1.807, 2.05) is 31.2 Å². The lowest BCUT2D eigenvalue weighted by Gasteiger charge is -2.13. The van der Waals surface area contributed by atoms with Crippen LogP contribution in [0.1, 0.15) is 51.9 Å². The van der Waals surface area contributed by atoms with Crippen LogP contribution >= 0.6 is 0 Å². The largest absolute Gasteiger partial charge is 0.376 e. The molecule has 1 aliphatic rings. The molecule has 3 N–H and O–H groups in total. The second-order valence-electron chi connectivity index (χ2n) is 6.44. The van der Waals surface area contributed by atoms with Crippen LogP contribution in [0.15, 0.2) is 35.9 Å². The summed E-state index contributed by atoms with van der Waals surface area (Å²) in [5.41, 5.74) is 3.10. The predicted molar refractivity (Wildman–Crippen MR) is 103 cm³/mol. The number of hydrogen-bond acceptors (Lipinski definition) is 3. The maximum absolute atomic E-state index is 11.9. The summed E-state index contributed by atoms with van der Waals surface area (Å²) in [6.45, 7) is 2.93. The number of amides is 2. The van der Waals surface area contributed by atoms with Crippen LogP contribution in [-0.2, 0) is 9.59 Å². The molecule has 1 aliphatic carbocycles. The van der Waals surface area contributed by atoms with Crippen molar-refractivity contribution >= 4 is 23.2 Å². The van der Waals surface area contributed by atoms with Gasteiger partial charge in [0.2, 0.25) is 11.8 Å². The standard InChI is InChI=1S/C20H29N3O2/c1-2-6-19(24)23-18-11-9-17(10-12-18)22-15-20(25)21-14-13-16-7-4-3-5-8-16/h7,9-12,22H,2-6,8,13-15H2,1H3,(H,21,25)(H,23,24). The Morgan fingerprint density at radius 3 is 2.48 bits per heavy atom. The number of nitrogens with one attached hydrogen (secondary N) is 3. The van der Waals surface area contributed by atoms with Crippen LogP contribution in [0.25, 0.3) is 0 Å². The Morgan fingerprint density at radius 1 is 1.04 bits per heavy atom. The van der Waals surface area contributed by atoms with Crippen LogP contribution in [0, 0.1) is 0 Å². The van der Waals surface area contributed by atoms with Gasteiger partial charge in [0.05, 0.1) is 6.54 Å². The van der Waals surface area contributed by atoms with Crippen LogP contribution in [0.4, 0.5) is 11.4 Å². The first-order chi connectivity index (χ1) is 12.2. The summed E-state index contributed by atoms with van der Waals surface area (Å²) in [5, 5.41) is 8.89. The molecular formula is C20H29N3O2. The van der Waals surface area contributed by atoms with Gasteiger partial charge < -0.3 is 16.0 Å². The number of hydrogen-bond donors (Lipinski definition) is 3. The maximum Gasteiger partial charge on any atom is 0.239 e. The molecule has 1 aromatic rings. The van der Waals surface area contributed by atoms with Crippen molar-refractivity contribution in [3.63, 3.8) is 0 Å². The number of carbonyl (C=O) groups excluding carboxylic acids is 2. The summed E-state index contributed by atoms with van der Waals surface area (Å²) < 4.78 is 0. The number of carbonyl (C=O) groups is 2. The van der Waals surface area contributed by atoms with Crippen molar-refractivity contribution in [1.29, 1.82) is 0 Å². The summed E-state index contributed by atoms with van der Waals surface area (Å²) in [7, 11) is 0. The van der Waals surface area contributed by atoms with E-state index in [1.54, 1.807) is 0 Å². The first-order valence-electron chi connectivity index (χ1n) is 9.25. The van der Waals surface area contributed by atoms with Gasteiger partial charge in [-0.05, 0) is 62.8 Å². The van der Waals surface area contributed by atoms with Gasteiger partial charge in [-0.2, -0.15) is 0 Å². The summed E-state index contributed by atoms with van der Waals surface area (Å²) in [6.07, 6.45) is 9.55. The van der Waals surface area contributed by atoms with E-state index >= 15 is 0 Å². The highest BCUT2D eigenvalue weighted by molar-refractivity contribution is 5.90. The van der Waals surface area contributed by atoms with E-state index in [0.717, 1.165) is 24.2 Å². The van der Waals surface area contributed by atoms with E-state index in [0.29, 0.717) is 13.0 Å². The first kappa shape index (κ1) is 19.0. The fourth-order valence-electron chi connectivity index (χ4n) is 2.86. The van der Waals surface area contributed by atoms with E-state index in [-0.39, 0.29) is 18.4 Å². The topological polar surface area (TPSA) is 70.2 Å². The van der Waals surface area contributed by atoms with E-state index in [2.05, 4.69) is 22.0 Å². The summed E-state index contributed by atoms with van der Waals surface area (Å²) in [6, 6.07) is 7.40. The summed E-state index contributed by atoms with van der Waals surface area (Å²) >= 11 is 0. The Labute approximate surface area is 150 Å². The van der Waals surface area contributed by atoms with Crippen LogP contribution in [0.5, 0.6) is 0 Å². The van der Waals surface area contributed by atoms with Crippen LogP contribution in [-0.4, -0.2) is 24.9 Å². The quantitative estimate of drug-likeness (QED) is 0.597. The highest BCUT2D eigenvalue weighted by Gasteiger charge is 2.05. The summed E-state index contributed by atoms with van der Waals surface area (Å²) in [4.78, 5) is 23.4. The van der Waals surface area contributed by atoms with Crippen molar-refractivity contribution in [2.75, 3.05) is 23.7 Å². The van der Waals surface area contributed by atoms with Crippen LogP contribution < -0.4 is 16.0 Å². The average molecular weight is 343 g/mol. The lowest BCUT2D eigenvalue weighted by atomic mass is 9.97. The minimum atomic E-state index is -0.00302. The molecule has 0 saturated carbocycles. The number of anilines is 2. The van der Waals surface area contributed by atoms with Gasteiger partial charge in [0.25, 0.3) is 0 Å². The molecule has 5 heteroatoms. The molecule has 0 spiro atoms. The molecule has 0 heterocycles. The first-order valence-corrected chi connectivity index (χ1v) is 9.25. The van der Waals surface area contributed by atoms with Gasteiger partial charge in [-0.15, -0.1) is 0 Å². The van der Waals surface area contributed by atoms with Gasteiger partial charge in [-0.25, -0.2) is 0 Å². The molecule has 5 nitrogen and oxygen atoms in total. The fourth-order valence-corrected chi connectivity index (χ4v) is 2.86. The zero-order valence-electron chi connectivity index (χ0n) is 15.1. The van der Waals surface area contributed by atoms with Crippen LogP contribution in [0.3, 0.4) is 0 Å². The minimum absolute atomic E-state index is 0.00302. The highest BCUT2D eigenvalue weighted by Crippen LogP contribution is 2.19.